The molecule has 0 saturated carbocycles. The first-order valence-electron chi connectivity index (χ1n) is 6.35. The second kappa shape index (κ2) is 5.69. The molecule has 2 aromatic rings. The lowest BCUT2D eigenvalue weighted by Crippen LogP contribution is -1.93. The Hall–Kier alpha value is -2.10. The molecule has 2 rings (SSSR count). The Balaban J connectivity index is 2.49. The summed E-state index contributed by atoms with van der Waals surface area (Å²) >= 11 is 0. The zero-order chi connectivity index (χ0) is 13.8. The second-order valence-corrected chi connectivity index (χ2v) is 4.49. The molecular formula is C15H18N2O2. The van der Waals surface area contributed by atoms with Crippen molar-refractivity contribution in [2.24, 2.45) is 7.05 Å². The summed E-state index contributed by atoms with van der Waals surface area (Å²) in [7, 11) is 3.47. The maximum Gasteiger partial charge on any atom is 0.153 e. The number of aryl methyl sites for hydroxylation is 2. The molecule has 0 spiro atoms. The van der Waals surface area contributed by atoms with Crippen molar-refractivity contribution in [3.05, 3.63) is 35.7 Å². The summed E-state index contributed by atoms with van der Waals surface area (Å²) in [5, 5.41) is 4.47. The van der Waals surface area contributed by atoms with E-state index in [9.17, 15) is 4.79 Å². The lowest BCUT2D eigenvalue weighted by atomic mass is 10.0. The fourth-order valence-electron chi connectivity index (χ4n) is 2.19. The van der Waals surface area contributed by atoms with Crippen LogP contribution in [0.1, 0.15) is 29.4 Å². The largest absolute Gasteiger partial charge is 0.496 e. The molecule has 1 aromatic carbocycles. The van der Waals surface area contributed by atoms with Crippen LogP contribution >= 0.6 is 0 Å². The van der Waals surface area contributed by atoms with Crippen LogP contribution in [0, 0.1) is 0 Å². The van der Waals surface area contributed by atoms with Gasteiger partial charge in [-0.2, -0.15) is 5.10 Å². The van der Waals surface area contributed by atoms with Crippen LogP contribution in [-0.2, 0) is 13.5 Å². The summed E-state index contributed by atoms with van der Waals surface area (Å²) in [6.45, 7) is 2.13. The van der Waals surface area contributed by atoms with E-state index in [1.54, 1.807) is 7.11 Å². The molecule has 0 saturated heterocycles. The number of hydrogen-bond acceptors (Lipinski definition) is 3. The molecule has 1 heterocycles. The van der Waals surface area contributed by atoms with Crippen LogP contribution in [0.3, 0.4) is 0 Å². The number of nitrogens with zero attached hydrogens (tertiary/aromatic N) is 2. The molecule has 1 aromatic heterocycles. The van der Waals surface area contributed by atoms with Gasteiger partial charge >= 0.3 is 0 Å². The van der Waals surface area contributed by atoms with Crippen LogP contribution in [0.4, 0.5) is 0 Å². The minimum absolute atomic E-state index is 0.561. The first-order chi connectivity index (χ1) is 9.19. The molecule has 4 heteroatoms. The van der Waals surface area contributed by atoms with E-state index in [1.165, 1.54) is 0 Å². The quantitative estimate of drug-likeness (QED) is 0.775. The van der Waals surface area contributed by atoms with Crippen molar-refractivity contribution in [3.63, 3.8) is 0 Å². The van der Waals surface area contributed by atoms with E-state index in [0.29, 0.717) is 11.3 Å². The summed E-state index contributed by atoms with van der Waals surface area (Å²) in [4.78, 5) is 11.1. The van der Waals surface area contributed by atoms with E-state index in [0.717, 1.165) is 35.9 Å². The Morgan fingerprint density at radius 1 is 1.42 bits per heavy atom. The van der Waals surface area contributed by atoms with Gasteiger partial charge in [-0.1, -0.05) is 19.4 Å². The van der Waals surface area contributed by atoms with Crippen molar-refractivity contribution in [2.75, 3.05) is 7.11 Å². The van der Waals surface area contributed by atoms with Gasteiger partial charge in [0.15, 0.2) is 6.29 Å². The summed E-state index contributed by atoms with van der Waals surface area (Å²) in [5.41, 5.74) is 3.70. The summed E-state index contributed by atoms with van der Waals surface area (Å²) in [5.74, 6) is 0.597. The molecular weight excluding hydrogens is 240 g/mol. The fraction of sp³-hybridized carbons (Fsp3) is 0.333. The van der Waals surface area contributed by atoms with Gasteiger partial charge in [0, 0.05) is 18.8 Å². The Labute approximate surface area is 113 Å². The van der Waals surface area contributed by atoms with Crippen molar-refractivity contribution in [1.82, 2.24) is 9.78 Å². The molecule has 19 heavy (non-hydrogen) atoms. The highest BCUT2D eigenvalue weighted by Crippen LogP contribution is 2.28. The lowest BCUT2D eigenvalue weighted by Gasteiger charge is -2.06. The van der Waals surface area contributed by atoms with E-state index >= 15 is 0 Å². The number of carbonyl (C=O) groups excluding carboxylic acids is 1. The van der Waals surface area contributed by atoms with Gasteiger partial charge in [-0.3, -0.25) is 9.48 Å². The van der Waals surface area contributed by atoms with Gasteiger partial charge in [-0.25, -0.2) is 0 Å². The van der Waals surface area contributed by atoms with E-state index in [-0.39, 0.29) is 0 Å². The maximum absolute atomic E-state index is 11.1. The molecule has 0 bridgehead atoms. The maximum atomic E-state index is 11.1. The number of rotatable bonds is 5. The highest BCUT2D eigenvalue weighted by Gasteiger charge is 2.11. The molecule has 0 atom stereocenters. The number of hydrogen-bond donors (Lipinski definition) is 0. The Morgan fingerprint density at radius 2 is 2.21 bits per heavy atom. The highest BCUT2D eigenvalue weighted by atomic mass is 16.5. The van der Waals surface area contributed by atoms with E-state index in [2.05, 4.69) is 12.0 Å². The molecule has 0 aliphatic heterocycles. The Kier molecular flexibility index (Phi) is 4.00. The van der Waals surface area contributed by atoms with Gasteiger partial charge in [0.25, 0.3) is 0 Å². The fourth-order valence-corrected chi connectivity index (χ4v) is 2.19. The molecule has 0 amide bonds. The SMILES string of the molecule is CCCc1nn(C)cc1-c1ccc(OC)c(C=O)c1. The number of aldehydes is 1. The van der Waals surface area contributed by atoms with Crippen LogP contribution < -0.4 is 4.74 Å². The lowest BCUT2D eigenvalue weighted by molar-refractivity contribution is 0.112. The first-order valence-corrected chi connectivity index (χ1v) is 6.35. The van der Waals surface area contributed by atoms with Crippen molar-refractivity contribution in [2.45, 2.75) is 19.8 Å². The first kappa shape index (κ1) is 13.3. The van der Waals surface area contributed by atoms with E-state index < -0.39 is 0 Å². The normalized spacial score (nSPS) is 10.5. The molecule has 0 N–H and O–H groups in total. The average molecular weight is 258 g/mol. The number of aromatic nitrogens is 2. The van der Waals surface area contributed by atoms with Crippen LogP contribution in [0.5, 0.6) is 5.75 Å². The standard InChI is InChI=1S/C15H18N2O2/c1-4-5-14-13(9-17(2)16-14)11-6-7-15(19-3)12(8-11)10-18/h6-10H,4-5H2,1-3H3. The third-order valence-electron chi connectivity index (χ3n) is 3.06. The van der Waals surface area contributed by atoms with Gasteiger partial charge in [0.1, 0.15) is 5.75 Å². The van der Waals surface area contributed by atoms with Gasteiger partial charge in [-0.15, -0.1) is 0 Å². The molecule has 4 nitrogen and oxygen atoms in total. The third kappa shape index (κ3) is 2.67. The zero-order valence-corrected chi connectivity index (χ0v) is 11.5. The average Bonchev–Trinajstić information content (AvgIpc) is 2.79. The van der Waals surface area contributed by atoms with Crippen molar-refractivity contribution >= 4 is 6.29 Å². The second-order valence-electron chi connectivity index (χ2n) is 4.49. The van der Waals surface area contributed by atoms with Crippen LogP contribution in [0.15, 0.2) is 24.4 Å². The predicted octanol–water partition coefficient (Wildman–Crippen LogP) is 2.86. The van der Waals surface area contributed by atoms with Gasteiger partial charge in [0.2, 0.25) is 0 Å². The summed E-state index contributed by atoms with van der Waals surface area (Å²) in [6.07, 6.45) is 4.78. The van der Waals surface area contributed by atoms with Crippen molar-refractivity contribution in [3.8, 4) is 16.9 Å². The number of methoxy groups -OCH3 is 1. The number of ether oxygens (including phenoxy) is 1. The Bertz CT molecular complexity index is 588. The number of carbonyl (C=O) groups is 1. The summed E-state index contributed by atoms with van der Waals surface area (Å²) < 4.78 is 6.97. The zero-order valence-electron chi connectivity index (χ0n) is 11.5. The predicted molar refractivity (Wildman–Crippen MR) is 74.6 cm³/mol. The van der Waals surface area contributed by atoms with Crippen molar-refractivity contribution in [1.29, 1.82) is 0 Å². The van der Waals surface area contributed by atoms with E-state index in [4.69, 9.17) is 4.74 Å². The molecule has 0 aliphatic carbocycles. The number of benzene rings is 1. The van der Waals surface area contributed by atoms with Crippen molar-refractivity contribution < 1.29 is 9.53 Å². The molecule has 100 valence electrons. The third-order valence-corrected chi connectivity index (χ3v) is 3.06. The summed E-state index contributed by atoms with van der Waals surface area (Å²) in [6, 6.07) is 5.63. The van der Waals surface area contributed by atoms with Gasteiger partial charge in [-0.05, 0) is 24.1 Å². The monoisotopic (exact) mass is 258 g/mol. The topological polar surface area (TPSA) is 44.1 Å². The van der Waals surface area contributed by atoms with Crippen LogP contribution in [0.2, 0.25) is 0 Å². The van der Waals surface area contributed by atoms with Gasteiger partial charge in [0.05, 0.1) is 18.4 Å². The van der Waals surface area contributed by atoms with Crippen LogP contribution in [-0.4, -0.2) is 23.2 Å². The minimum atomic E-state index is 0.561. The Morgan fingerprint density at radius 3 is 2.84 bits per heavy atom. The van der Waals surface area contributed by atoms with Gasteiger partial charge < -0.3 is 4.74 Å². The van der Waals surface area contributed by atoms with Crippen LogP contribution in [0.25, 0.3) is 11.1 Å². The smallest absolute Gasteiger partial charge is 0.153 e. The molecule has 0 fully saturated rings. The highest BCUT2D eigenvalue weighted by molar-refractivity contribution is 5.83. The molecule has 0 aliphatic rings. The minimum Gasteiger partial charge on any atom is -0.496 e. The van der Waals surface area contributed by atoms with E-state index in [1.807, 2.05) is 36.1 Å². The molecule has 0 radical (unpaired) electrons. The molecule has 0 unspecified atom stereocenters.